The third kappa shape index (κ3) is 3.80. The topological polar surface area (TPSA) is 26.0 Å². The third-order valence-electron chi connectivity index (χ3n) is 2.41. The fraction of sp³-hybridized carbons (Fsp3) is 0.538. The summed E-state index contributed by atoms with van der Waals surface area (Å²) >= 11 is 1.57. The molecule has 0 saturated carbocycles. The molecule has 1 aromatic rings. The summed E-state index contributed by atoms with van der Waals surface area (Å²) in [6.45, 7) is 6.19. The molecule has 2 N–H and O–H groups in total. The van der Waals surface area contributed by atoms with Gasteiger partial charge in [-0.05, 0) is 24.5 Å². The van der Waals surface area contributed by atoms with Crippen molar-refractivity contribution in [1.82, 2.24) is 0 Å². The summed E-state index contributed by atoms with van der Waals surface area (Å²) in [7, 11) is 0. The molecule has 0 heterocycles. The number of thioether (sulfide) groups is 1. The molecule has 0 aliphatic carbocycles. The van der Waals surface area contributed by atoms with Crippen LogP contribution in [0.15, 0.2) is 23.1 Å². The summed E-state index contributed by atoms with van der Waals surface area (Å²) in [4.78, 5) is 0.765. The molecule has 1 aromatic carbocycles. The van der Waals surface area contributed by atoms with Crippen LogP contribution in [-0.4, -0.2) is 11.3 Å². The van der Waals surface area contributed by atoms with E-state index >= 15 is 0 Å². The van der Waals surface area contributed by atoms with Crippen molar-refractivity contribution < 1.29 is 4.39 Å². The summed E-state index contributed by atoms with van der Waals surface area (Å²) in [5.74, 6) is -0.125. The molecule has 0 fully saturated rings. The predicted molar refractivity (Wildman–Crippen MR) is 69.4 cm³/mol. The molecule has 0 aliphatic rings. The second kappa shape index (κ2) is 6.26. The van der Waals surface area contributed by atoms with Gasteiger partial charge in [0.2, 0.25) is 0 Å². The molecule has 0 amide bonds. The minimum Gasteiger partial charge on any atom is -0.327 e. The Hall–Kier alpha value is -0.540. The minimum absolute atomic E-state index is 0.119. The Kier molecular flexibility index (Phi) is 5.29. The molecule has 1 rings (SSSR count). The van der Waals surface area contributed by atoms with E-state index in [1.807, 2.05) is 6.07 Å². The van der Waals surface area contributed by atoms with Crippen LogP contribution in [0.4, 0.5) is 4.39 Å². The van der Waals surface area contributed by atoms with E-state index in [0.29, 0.717) is 5.25 Å². The van der Waals surface area contributed by atoms with Gasteiger partial charge in [0, 0.05) is 16.2 Å². The molecule has 1 nitrogen and oxygen atoms in total. The minimum atomic E-state index is -0.125. The van der Waals surface area contributed by atoms with Gasteiger partial charge in [-0.25, -0.2) is 4.39 Å². The largest absolute Gasteiger partial charge is 0.327 e. The molecule has 1 unspecified atom stereocenters. The zero-order valence-electron chi connectivity index (χ0n) is 10.2. The number of hydrogen-bond donors (Lipinski definition) is 1. The fourth-order valence-electron chi connectivity index (χ4n) is 1.51. The molecule has 1 atom stereocenters. The number of benzene rings is 1. The van der Waals surface area contributed by atoms with E-state index in [4.69, 9.17) is 5.73 Å². The van der Waals surface area contributed by atoms with Gasteiger partial charge in [0.05, 0.1) is 0 Å². The van der Waals surface area contributed by atoms with Crippen LogP contribution in [0.25, 0.3) is 0 Å². The Morgan fingerprint density at radius 1 is 1.38 bits per heavy atom. The lowest BCUT2D eigenvalue weighted by Crippen LogP contribution is -2.21. The van der Waals surface area contributed by atoms with Gasteiger partial charge in [0.15, 0.2) is 0 Å². The third-order valence-corrected chi connectivity index (χ3v) is 3.57. The zero-order valence-corrected chi connectivity index (χ0v) is 11.0. The Balaban J connectivity index is 2.93. The van der Waals surface area contributed by atoms with E-state index in [1.54, 1.807) is 17.8 Å². The monoisotopic (exact) mass is 241 g/mol. The van der Waals surface area contributed by atoms with Crippen LogP contribution >= 0.6 is 11.8 Å². The van der Waals surface area contributed by atoms with Crippen LogP contribution in [0.5, 0.6) is 0 Å². The first-order chi connectivity index (χ1) is 7.54. The number of rotatable bonds is 5. The van der Waals surface area contributed by atoms with Crippen molar-refractivity contribution in [3.8, 4) is 0 Å². The van der Waals surface area contributed by atoms with Gasteiger partial charge in [-0.15, -0.1) is 11.8 Å². The smallest absolute Gasteiger partial charge is 0.137 e. The number of hydrogen-bond acceptors (Lipinski definition) is 2. The van der Waals surface area contributed by atoms with Crippen LogP contribution in [0.1, 0.15) is 32.8 Å². The lowest BCUT2D eigenvalue weighted by Gasteiger charge is -2.15. The first-order valence-electron chi connectivity index (χ1n) is 5.74. The Labute approximate surface area is 102 Å². The molecule has 0 aliphatic heterocycles. The number of nitrogens with two attached hydrogens (primary N) is 1. The van der Waals surface area contributed by atoms with Crippen molar-refractivity contribution in [2.45, 2.75) is 49.8 Å². The highest BCUT2D eigenvalue weighted by molar-refractivity contribution is 8.00. The first kappa shape index (κ1) is 13.5. The van der Waals surface area contributed by atoms with Crippen molar-refractivity contribution >= 4 is 11.8 Å². The van der Waals surface area contributed by atoms with Crippen molar-refractivity contribution in [2.24, 2.45) is 5.73 Å². The molecule has 0 radical (unpaired) electrons. The van der Waals surface area contributed by atoms with Gasteiger partial charge in [-0.3, -0.25) is 0 Å². The fourth-order valence-corrected chi connectivity index (χ4v) is 2.46. The van der Waals surface area contributed by atoms with Crippen LogP contribution in [0.3, 0.4) is 0 Å². The molecule has 16 heavy (non-hydrogen) atoms. The average molecular weight is 241 g/mol. The molecule has 0 saturated heterocycles. The molecule has 90 valence electrons. The van der Waals surface area contributed by atoms with Gasteiger partial charge in [-0.1, -0.05) is 32.9 Å². The maximum absolute atomic E-state index is 13.7. The second-order valence-corrected chi connectivity index (χ2v) is 5.85. The summed E-state index contributed by atoms with van der Waals surface area (Å²) in [5, 5.41) is 0.383. The normalized spacial score (nSPS) is 13.1. The summed E-state index contributed by atoms with van der Waals surface area (Å²) in [6.07, 6.45) is 1.67. The second-order valence-electron chi connectivity index (χ2n) is 4.27. The molecular formula is C13H20FNS. The van der Waals surface area contributed by atoms with Crippen LogP contribution in [0.2, 0.25) is 0 Å². The van der Waals surface area contributed by atoms with Crippen LogP contribution < -0.4 is 5.73 Å². The summed E-state index contributed by atoms with van der Waals surface area (Å²) in [5.41, 5.74) is 6.96. The van der Waals surface area contributed by atoms with E-state index in [0.717, 1.165) is 23.3 Å². The molecular weight excluding hydrogens is 221 g/mol. The Morgan fingerprint density at radius 3 is 2.62 bits per heavy atom. The highest BCUT2D eigenvalue weighted by Gasteiger charge is 2.12. The maximum atomic E-state index is 13.7. The quantitative estimate of drug-likeness (QED) is 0.797. The standard InChI is InChI=1S/C13H20FNS/c1-4-11(15)8-10-6-5-7-12(14)13(10)16-9(2)3/h5-7,9,11H,4,8,15H2,1-3H3. The summed E-state index contributed by atoms with van der Waals surface area (Å²) in [6, 6.07) is 5.38. The Morgan fingerprint density at radius 2 is 2.06 bits per heavy atom. The van der Waals surface area contributed by atoms with E-state index in [2.05, 4.69) is 20.8 Å². The van der Waals surface area contributed by atoms with Gasteiger partial charge in [-0.2, -0.15) is 0 Å². The maximum Gasteiger partial charge on any atom is 0.137 e. The Bertz CT molecular complexity index is 339. The van der Waals surface area contributed by atoms with E-state index < -0.39 is 0 Å². The van der Waals surface area contributed by atoms with Gasteiger partial charge in [0.1, 0.15) is 5.82 Å². The van der Waals surface area contributed by atoms with Gasteiger partial charge in [0.25, 0.3) is 0 Å². The van der Waals surface area contributed by atoms with E-state index in [1.165, 1.54) is 6.07 Å². The van der Waals surface area contributed by atoms with Crippen LogP contribution in [-0.2, 0) is 6.42 Å². The number of halogens is 1. The van der Waals surface area contributed by atoms with Gasteiger partial charge >= 0.3 is 0 Å². The lowest BCUT2D eigenvalue weighted by atomic mass is 10.0. The van der Waals surface area contributed by atoms with Crippen molar-refractivity contribution in [2.75, 3.05) is 0 Å². The molecule has 0 aromatic heterocycles. The lowest BCUT2D eigenvalue weighted by molar-refractivity contribution is 0.585. The highest BCUT2D eigenvalue weighted by atomic mass is 32.2. The SMILES string of the molecule is CCC(N)Cc1cccc(F)c1SC(C)C. The zero-order chi connectivity index (χ0) is 12.1. The van der Waals surface area contributed by atoms with E-state index in [9.17, 15) is 4.39 Å². The average Bonchev–Trinajstić information content (AvgIpc) is 2.22. The van der Waals surface area contributed by atoms with E-state index in [-0.39, 0.29) is 11.9 Å². The van der Waals surface area contributed by atoms with Crippen molar-refractivity contribution in [3.05, 3.63) is 29.6 Å². The van der Waals surface area contributed by atoms with Crippen LogP contribution in [0, 0.1) is 5.82 Å². The van der Waals surface area contributed by atoms with Crippen molar-refractivity contribution in [3.63, 3.8) is 0 Å². The molecule has 0 bridgehead atoms. The van der Waals surface area contributed by atoms with Gasteiger partial charge < -0.3 is 5.73 Å². The molecule has 0 spiro atoms. The predicted octanol–water partition coefficient (Wildman–Crippen LogP) is 3.61. The summed E-state index contributed by atoms with van der Waals surface area (Å²) < 4.78 is 13.7. The highest BCUT2D eigenvalue weighted by Crippen LogP contribution is 2.30. The van der Waals surface area contributed by atoms with Crippen molar-refractivity contribution in [1.29, 1.82) is 0 Å². The molecule has 3 heteroatoms. The first-order valence-corrected chi connectivity index (χ1v) is 6.62.